The average Bonchev–Trinajstić information content (AvgIpc) is 2.70. The van der Waals surface area contributed by atoms with Crippen LogP contribution in [0.2, 0.25) is 0 Å². The Morgan fingerprint density at radius 1 is 1.19 bits per heavy atom. The summed E-state index contributed by atoms with van der Waals surface area (Å²) in [7, 11) is 0. The lowest BCUT2D eigenvalue weighted by atomic mass is 9.74. The molecule has 0 amide bonds. The van der Waals surface area contributed by atoms with Crippen LogP contribution < -0.4 is 0 Å². The first-order valence-corrected chi connectivity index (χ1v) is 13.4. The van der Waals surface area contributed by atoms with Crippen LogP contribution in [0.5, 0.6) is 0 Å². The zero-order valence-corrected chi connectivity index (χ0v) is 22.0. The van der Waals surface area contributed by atoms with E-state index in [4.69, 9.17) is 4.74 Å². The minimum atomic E-state index is -0.599. The van der Waals surface area contributed by atoms with E-state index in [0.29, 0.717) is 17.9 Å². The zero-order chi connectivity index (χ0) is 23.9. The van der Waals surface area contributed by atoms with Gasteiger partial charge in [0, 0.05) is 5.92 Å². The smallest absolute Gasteiger partial charge is 0.0879 e. The van der Waals surface area contributed by atoms with Crippen LogP contribution >= 0.6 is 0 Å². The first-order chi connectivity index (χ1) is 14.9. The summed E-state index contributed by atoms with van der Waals surface area (Å²) in [4.78, 5) is 0. The molecule has 3 nitrogen and oxygen atoms in total. The summed E-state index contributed by atoms with van der Waals surface area (Å²) in [6.45, 7) is 17.0. The van der Waals surface area contributed by atoms with Crippen molar-refractivity contribution in [2.24, 2.45) is 23.7 Å². The van der Waals surface area contributed by atoms with E-state index in [1.807, 2.05) is 13.8 Å². The van der Waals surface area contributed by atoms with E-state index in [9.17, 15) is 10.2 Å². The highest BCUT2D eigenvalue weighted by Gasteiger charge is 2.40. The van der Waals surface area contributed by atoms with Gasteiger partial charge in [-0.1, -0.05) is 66.0 Å². The fourth-order valence-electron chi connectivity index (χ4n) is 5.57. The van der Waals surface area contributed by atoms with Gasteiger partial charge in [-0.2, -0.15) is 0 Å². The molecular weight excluding hydrogens is 396 g/mol. The van der Waals surface area contributed by atoms with E-state index in [0.717, 1.165) is 50.9 Å². The number of aliphatic hydroxyl groups is 2. The van der Waals surface area contributed by atoms with Crippen LogP contribution in [0, 0.1) is 23.7 Å². The maximum Gasteiger partial charge on any atom is 0.0879 e. The van der Waals surface area contributed by atoms with Crippen molar-refractivity contribution in [3.63, 3.8) is 0 Å². The molecule has 0 bridgehead atoms. The summed E-state index contributed by atoms with van der Waals surface area (Å²) in [5, 5.41) is 20.1. The molecule has 1 fully saturated rings. The van der Waals surface area contributed by atoms with Gasteiger partial charge in [-0.15, -0.1) is 0 Å². The standard InChI is InChI=1S/C29H52O3/c1-21(11-8-17-28(6,31)18-10-13-23(3)25(5)30)12-9-19-29(7)20-16-26-15-14-22(2)24(4)27(26)32-29/h15,21-24,27,30-31H,5,8-14,16-20H2,1-4,6-7H3. The molecule has 0 aromatic heterocycles. The topological polar surface area (TPSA) is 49.7 Å². The SMILES string of the molecule is C=C(O)C(C)CCCC(C)(O)CCCC(C)CCCC1(C)CCC2=CCC(C)C(C)C2O1. The second kappa shape index (κ2) is 12.1. The Morgan fingerprint density at radius 3 is 2.47 bits per heavy atom. The summed E-state index contributed by atoms with van der Waals surface area (Å²) in [5.41, 5.74) is 0.996. The molecule has 32 heavy (non-hydrogen) atoms. The van der Waals surface area contributed by atoms with Crippen molar-refractivity contribution in [1.82, 2.24) is 0 Å². The number of allylic oxidation sites excluding steroid dienone is 2. The minimum Gasteiger partial charge on any atom is -0.513 e. The molecule has 2 N–H and O–H groups in total. The first-order valence-electron chi connectivity index (χ1n) is 13.4. The van der Waals surface area contributed by atoms with E-state index in [1.54, 1.807) is 5.57 Å². The molecule has 1 heterocycles. The van der Waals surface area contributed by atoms with Gasteiger partial charge in [-0.25, -0.2) is 0 Å². The molecule has 1 saturated heterocycles. The third-order valence-corrected chi connectivity index (χ3v) is 8.58. The molecule has 0 spiro atoms. The van der Waals surface area contributed by atoms with Gasteiger partial charge in [0.05, 0.1) is 23.1 Å². The van der Waals surface area contributed by atoms with Crippen molar-refractivity contribution >= 4 is 0 Å². The van der Waals surface area contributed by atoms with Crippen molar-refractivity contribution in [2.75, 3.05) is 0 Å². The lowest BCUT2D eigenvalue weighted by Gasteiger charge is -2.46. The molecule has 1 aliphatic heterocycles. The summed E-state index contributed by atoms with van der Waals surface area (Å²) in [6.07, 6.45) is 15.8. The van der Waals surface area contributed by atoms with Crippen molar-refractivity contribution in [1.29, 1.82) is 0 Å². The van der Waals surface area contributed by atoms with E-state index >= 15 is 0 Å². The second-order valence-corrected chi connectivity index (χ2v) is 12.0. The van der Waals surface area contributed by atoms with Crippen LogP contribution in [0.1, 0.15) is 119 Å². The van der Waals surface area contributed by atoms with Gasteiger partial charge in [0.15, 0.2) is 0 Å². The molecule has 1 aliphatic carbocycles. The monoisotopic (exact) mass is 448 g/mol. The lowest BCUT2D eigenvalue weighted by Crippen LogP contribution is -2.45. The van der Waals surface area contributed by atoms with Crippen LogP contribution in [0.4, 0.5) is 0 Å². The van der Waals surface area contributed by atoms with Crippen molar-refractivity contribution in [3.8, 4) is 0 Å². The number of hydrogen-bond donors (Lipinski definition) is 2. The Labute approximate surface area is 198 Å². The number of ether oxygens (including phenoxy) is 1. The second-order valence-electron chi connectivity index (χ2n) is 12.0. The minimum absolute atomic E-state index is 0.0354. The van der Waals surface area contributed by atoms with E-state index in [-0.39, 0.29) is 17.3 Å². The van der Waals surface area contributed by atoms with Gasteiger partial charge in [0.2, 0.25) is 0 Å². The lowest BCUT2D eigenvalue weighted by molar-refractivity contribution is -0.125. The Kier molecular flexibility index (Phi) is 10.3. The van der Waals surface area contributed by atoms with Crippen LogP contribution in [0.3, 0.4) is 0 Å². The quantitative estimate of drug-likeness (QED) is 0.221. The number of hydrogen-bond acceptors (Lipinski definition) is 3. The normalized spacial score (nSPS) is 31.8. The zero-order valence-electron chi connectivity index (χ0n) is 22.0. The van der Waals surface area contributed by atoms with E-state index in [1.165, 1.54) is 32.1 Å². The Balaban J connectivity index is 1.64. The largest absolute Gasteiger partial charge is 0.513 e. The Bertz CT molecular complexity index is 622. The van der Waals surface area contributed by atoms with Crippen LogP contribution in [-0.2, 0) is 4.74 Å². The van der Waals surface area contributed by atoms with Crippen LogP contribution in [0.15, 0.2) is 24.0 Å². The molecular formula is C29H52O3. The highest BCUT2D eigenvalue weighted by atomic mass is 16.5. The summed E-state index contributed by atoms with van der Waals surface area (Å²) in [6, 6.07) is 0. The van der Waals surface area contributed by atoms with Crippen LogP contribution in [0.25, 0.3) is 0 Å². The summed E-state index contributed by atoms with van der Waals surface area (Å²) in [5.74, 6) is 2.42. The van der Waals surface area contributed by atoms with Crippen molar-refractivity contribution in [2.45, 2.75) is 136 Å². The number of aliphatic hydroxyl groups excluding tert-OH is 1. The van der Waals surface area contributed by atoms with Crippen molar-refractivity contribution < 1.29 is 14.9 Å². The molecule has 3 heteroatoms. The Morgan fingerprint density at radius 2 is 1.81 bits per heavy atom. The molecule has 0 aromatic rings. The summed E-state index contributed by atoms with van der Waals surface area (Å²) < 4.78 is 6.71. The van der Waals surface area contributed by atoms with Gasteiger partial charge in [-0.05, 0) is 88.5 Å². The fourth-order valence-corrected chi connectivity index (χ4v) is 5.57. The molecule has 0 radical (unpaired) electrons. The van der Waals surface area contributed by atoms with E-state index < -0.39 is 5.60 Å². The molecule has 2 rings (SSSR count). The average molecular weight is 449 g/mol. The van der Waals surface area contributed by atoms with Gasteiger partial charge >= 0.3 is 0 Å². The number of rotatable bonds is 13. The molecule has 7 atom stereocenters. The van der Waals surface area contributed by atoms with Crippen molar-refractivity contribution in [3.05, 3.63) is 24.0 Å². The third-order valence-electron chi connectivity index (χ3n) is 8.58. The maximum atomic E-state index is 10.7. The van der Waals surface area contributed by atoms with Gasteiger partial charge < -0.3 is 14.9 Å². The van der Waals surface area contributed by atoms with Gasteiger partial charge in [0.25, 0.3) is 0 Å². The molecule has 7 unspecified atom stereocenters. The molecule has 0 saturated carbocycles. The maximum absolute atomic E-state index is 10.7. The predicted octanol–water partition coefficient (Wildman–Crippen LogP) is 8.13. The number of fused-ring (bicyclic) bond motifs is 1. The molecule has 186 valence electrons. The first kappa shape index (κ1) is 27.4. The predicted molar refractivity (Wildman–Crippen MR) is 136 cm³/mol. The third kappa shape index (κ3) is 8.52. The summed E-state index contributed by atoms with van der Waals surface area (Å²) >= 11 is 0. The van der Waals surface area contributed by atoms with Gasteiger partial charge in [-0.3, -0.25) is 0 Å². The van der Waals surface area contributed by atoms with Crippen LogP contribution in [-0.4, -0.2) is 27.5 Å². The molecule has 2 aliphatic rings. The highest BCUT2D eigenvalue weighted by Crippen LogP contribution is 2.43. The van der Waals surface area contributed by atoms with Gasteiger partial charge in [0.1, 0.15) is 0 Å². The van der Waals surface area contributed by atoms with E-state index in [2.05, 4.69) is 40.3 Å². The highest BCUT2D eigenvalue weighted by molar-refractivity contribution is 5.18. The Hall–Kier alpha value is -0.800. The fraction of sp³-hybridized carbons (Fsp3) is 0.862. The molecule has 0 aromatic carbocycles.